The van der Waals surface area contributed by atoms with E-state index in [0.717, 1.165) is 16.2 Å². The molecule has 0 saturated carbocycles. The van der Waals surface area contributed by atoms with Crippen LogP contribution in [-0.2, 0) is 5.75 Å². The van der Waals surface area contributed by atoms with Gasteiger partial charge in [-0.05, 0) is 42.0 Å². The van der Waals surface area contributed by atoms with E-state index >= 15 is 0 Å². The second-order valence-electron chi connectivity index (χ2n) is 3.44. The summed E-state index contributed by atoms with van der Waals surface area (Å²) in [5.41, 5.74) is 1.50. The zero-order chi connectivity index (χ0) is 12.1. The van der Waals surface area contributed by atoms with Crippen molar-refractivity contribution in [3.05, 3.63) is 53.9 Å². The molecule has 0 spiro atoms. The van der Waals surface area contributed by atoms with E-state index in [1.54, 1.807) is 36.2 Å². The number of hydrogen-bond acceptors (Lipinski definition) is 4. The van der Waals surface area contributed by atoms with Crippen LogP contribution in [0.1, 0.15) is 11.3 Å². The molecule has 0 radical (unpaired) electrons. The Morgan fingerprint density at radius 1 is 1.24 bits per heavy atom. The van der Waals surface area contributed by atoms with Gasteiger partial charge in [0.25, 0.3) is 0 Å². The van der Waals surface area contributed by atoms with Crippen LogP contribution in [0.4, 0.5) is 0 Å². The number of thioether (sulfide) groups is 1. The molecule has 0 fully saturated rings. The summed E-state index contributed by atoms with van der Waals surface area (Å²) in [6.07, 6.45) is 1.64. The zero-order valence-electron chi connectivity index (χ0n) is 9.00. The Labute approximate surface area is 104 Å². The van der Waals surface area contributed by atoms with Crippen LogP contribution in [0.15, 0.2) is 47.5 Å². The fourth-order valence-electron chi connectivity index (χ4n) is 1.33. The molecule has 0 aliphatic carbocycles. The van der Waals surface area contributed by atoms with Gasteiger partial charge in [-0.3, -0.25) is 0 Å². The van der Waals surface area contributed by atoms with Crippen LogP contribution in [0.5, 0.6) is 5.75 Å². The van der Waals surface area contributed by atoms with Gasteiger partial charge in [-0.25, -0.2) is 4.98 Å². The molecule has 84 valence electrons. The first-order valence-electron chi connectivity index (χ1n) is 5.05. The lowest BCUT2D eigenvalue weighted by Gasteiger charge is -2.02. The Morgan fingerprint density at radius 2 is 2.00 bits per heavy atom. The maximum absolute atomic E-state index is 9.16. The SMILES string of the molecule is N#Cc1cc(CSc2ccc(O)cc2)ccn1. The first-order valence-corrected chi connectivity index (χ1v) is 6.03. The summed E-state index contributed by atoms with van der Waals surface area (Å²) < 4.78 is 0. The van der Waals surface area contributed by atoms with Crippen LogP contribution in [0, 0.1) is 11.3 Å². The van der Waals surface area contributed by atoms with E-state index in [0.29, 0.717) is 5.69 Å². The third kappa shape index (κ3) is 3.23. The van der Waals surface area contributed by atoms with Crippen molar-refractivity contribution in [1.82, 2.24) is 4.98 Å². The van der Waals surface area contributed by atoms with Crippen molar-refractivity contribution < 1.29 is 5.11 Å². The molecule has 1 heterocycles. The van der Waals surface area contributed by atoms with Crippen molar-refractivity contribution >= 4 is 11.8 Å². The lowest BCUT2D eigenvalue weighted by Crippen LogP contribution is -1.86. The fourth-order valence-corrected chi connectivity index (χ4v) is 2.18. The normalized spacial score (nSPS) is 9.82. The number of aromatic hydroxyl groups is 1. The molecule has 0 bridgehead atoms. The molecule has 2 aromatic rings. The monoisotopic (exact) mass is 242 g/mol. The number of rotatable bonds is 3. The Hall–Kier alpha value is -1.99. The van der Waals surface area contributed by atoms with E-state index in [-0.39, 0.29) is 5.75 Å². The van der Waals surface area contributed by atoms with Gasteiger partial charge in [0.15, 0.2) is 0 Å². The Bertz CT molecular complexity index is 546. The molecule has 0 atom stereocenters. The molecule has 4 heteroatoms. The van der Waals surface area contributed by atoms with Gasteiger partial charge in [-0.15, -0.1) is 11.8 Å². The third-order valence-corrected chi connectivity index (χ3v) is 3.26. The minimum absolute atomic E-state index is 0.269. The highest BCUT2D eigenvalue weighted by atomic mass is 32.2. The number of nitrogens with zero attached hydrogens (tertiary/aromatic N) is 2. The first-order chi connectivity index (χ1) is 8.28. The van der Waals surface area contributed by atoms with E-state index in [4.69, 9.17) is 10.4 Å². The predicted octanol–water partition coefficient (Wildman–Crippen LogP) is 2.95. The highest BCUT2D eigenvalue weighted by Gasteiger charge is 1.99. The number of hydrogen-bond donors (Lipinski definition) is 1. The van der Waals surface area contributed by atoms with E-state index in [1.165, 1.54) is 0 Å². The molecular weight excluding hydrogens is 232 g/mol. The van der Waals surface area contributed by atoms with Gasteiger partial charge >= 0.3 is 0 Å². The molecule has 0 aliphatic rings. The standard InChI is InChI=1S/C13H10N2OS/c14-8-11-7-10(5-6-15-11)9-17-13-3-1-12(16)2-4-13/h1-7,16H,9H2. The molecule has 0 amide bonds. The third-order valence-electron chi connectivity index (χ3n) is 2.18. The van der Waals surface area contributed by atoms with Crippen LogP contribution in [0.2, 0.25) is 0 Å². The summed E-state index contributed by atoms with van der Waals surface area (Å²) in [6.45, 7) is 0. The van der Waals surface area contributed by atoms with Crippen LogP contribution >= 0.6 is 11.8 Å². The Morgan fingerprint density at radius 3 is 2.71 bits per heavy atom. The zero-order valence-corrected chi connectivity index (χ0v) is 9.81. The van der Waals surface area contributed by atoms with Crippen LogP contribution in [0.25, 0.3) is 0 Å². The lowest BCUT2D eigenvalue weighted by atomic mass is 10.2. The van der Waals surface area contributed by atoms with Gasteiger partial charge < -0.3 is 5.11 Å². The number of phenolic OH excluding ortho intramolecular Hbond substituents is 1. The fraction of sp³-hybridized carbons (Fsp3) is 0.0769. The highest BCUT2D eigenvalue weighted by molar-refractivity contribution is 7.98. The molecule has 1 aromatic heterocycles. The summed E-state index contributed by atoms with van der Waals surface area (Å²) in [6, 6.07) is 12.8. The maximum Gasteiger partial charge on any atom is 0.140 e. The topological polar surface area (TPSA) is 56.9 Å². The first kappa shape index (κ1) is 11.5. The van der Waals surface area contributed by atoms with Crippen molar-refractivity contribution in [2.75, 3.05) is 0 Å². The minimum atomic E-state index is 0.269. The second kappa shape index (κ2) is 5.37. The molecule has 0 unspecified atom stereocenters. The van der Waals surface area contributed by atoms with Gasteiger partial charge in [0.1, 0.15) is 17.5 Å². The molecule has 0 saturated heterocycles. The van der Waals surface area contributed by atoms with Gasteiger partial charge in [0.05, 0.1) is 0 Å². The van der Waals surface area contributed by atoms with Crippen molar-refractivity contribution in [2.45, 2.75) is 10.6 Å². The Balaban J connectivity index is 2.02. The van der Waals surface area contributed by atoms with Crippen LogP contribution < -0.4 is 0 Å². The number of aromatic nitrogens is 1. The maximum atomic E-state index is 9.16. The minimum Gasteiger partial charge on any atom is -0.508 e. The largest absolute Gasteiger partial charge is 0.508 e. The van der Waals surface area contributed by atoms with E-state index in [9.17, 15) is 0 Å². The van der Waals surface area contributed by atoms with Gasteiger partial charge in [-0.2, -0.15) is 5.26 Å². The number of nitriles is 1. The van der Waals surface area contributed by atoms with Crippen molar-refractivity contribution in [1.29, 1.82) is 5.26 Å². The summed E-state index contributed by atoms with van der Waals surface area (Å²) in [5.74, 6) is 1.05. The molecular formula is C13H10N2OS. The van der Waals surface area contributed by atoms with Crippen molar-refractivity contribution in [2.24, 2.45) is 0 Å². The predicted molar refractivity (Wildman–Crippen MR) is 66.6 cm³/mol. The molecule has 0 aliphatic heterocycles. The molecule has 3 nitrogen and oxygen atoms in total. The van der Waals surface area contributed by atoms with E-state index in [1.807, 2.05) is 24.3 Å². The van der Waals surface area contributed by atoms with Crippen molar-refractivity contribution in [3.8, 4) is 11.8 Å². The summed E-state index contributed by atoms with van der Waals surface area (Å²) in [7, 11) is 0. The lowest BCUT2D eigenvalue weighted by molar-refractivity contribution is 0.475. The number of pyridine rings is 1. The molecule has 2 rings (SSSR count). The van der Waals surface area contributed by atoms with E-state index in [2.05, 4.69) is 4.98 Å². The smallest absolute Gasteiger partial charge is 0.140 e. The quantitative estimate of drug-likeness (QED) is 0.841. The van der Waals surface area contributed by atoms with E-state index < -0.39 is 0 Å². The average molecular weight is 242 g/mol. The highest BCUT2D eigenvalue weighted by Crippen LogP contribution is 2.24. The summed E-state index contributed by atoms with van der Waals surface area (Å²) in [4.78, 5) is 5.00. The van der Waals surface area contributed by atoms with Crippen LogP contribution in [0.3, 0.4) is 0 Å². The summed E-state index contributed by atoms with van der Waals surface area (Å²) in [5, 5.41) is 17.9. The second-order valence-corrected chi connectivity index (χ2v) is 4.49. The molecule has 1 aromatic carbocycles. The van der Waals surface area contributed by atoms with Crippen LogP contribution in [-0.4, -0.2) is 10.1 Å². The molecule has 17 heavy (non-hydrogen) atoms. The molecule has 1 N–H and O–H groups in total. The number of benzene rings is 1. The number of phenols is 1. The van der Waals surface area contributed by atoms with Gasteiger partial charge in [0, 0.05) is 16.8 Å². The Kier molecular flexibility index (Phi) is 3.63. The van der Waals surface area contributed by atoms with Gasteiger partial charge in [-0.1, -0.05) is 0 Å². The van der Waals surface area contributed by atoms with Crippen molar-refractivity contribution in [3.63, 3.8) is 0 Å². The van der Waals surface area contributed by atoms with Gasteiger partial charge in [0.2, 0.25) is 0 Å². The summed E-state index contributed by atoms with van der Waals surface area (Å²) >= 11 is 1.65. The average Bonchev–Trinajstić information content (AvgIpc) is 2.38.